The summed E-state index contributed by atoms with van der Waals surface area (Å²) in [6.07, 6.45) is 2.05. The molecule has 0 bridgehead atoms. The average molecular weight is 402 g/mol. The highest BCUT2D eigenvalue weighted by atomic mass is 32.2. The van der Waals surface area contributed by atoms with Crippen LogP contribution in [0.15, 0.2) is 54.6 Å². The van der Waals surface area contributed by atoms with E-state index < -0.39 is 10.0 Å². The van der Waals surface area contributed by atoms with E-state index in [1.807, 2.05) is 6.07 Å². The molecule has 0 unspecified atom stereocenters. The Morgan fingerprint density at radius 1 is 1.00 bits per heavy atom. The van der Waals surface area contributed by atoms with E-state index in [1.54, 1.807) is 48.5 Å². The number of anilines is 1. The van der Waals surface area contributed by atoms with Gasteiger partial charge in [0.15, 0.2) is 0 Å². The van der Waals surface area contributed by atoms with Crippen molar-refractivity contribution < 1.29 is 22.7 Å². The average Bonchev–Trinajstić information content (AvgIpc) is 2.69. The second kappa shape index (κ2) is 8.53. The van der Waals surface area contributed by atoms with E-state index >= 15 is 0 Å². The van der Waals surface area contributed by atoms with Crippen LogP contribution in [0.3, 0.4) is 0 Å². The maximum atomic E-state index is 12.3. The van der Waals surface area contributed by atoms with Gasteiger partial charge in [-0.25, -0.2) is 12.7 Å². The molecule has 1 aliphatic heterocycles. The largest absolute Gasteiger partial charge is 0.426 e. The number of ether oxygens (including phenoxy) is 1. The number of benzene rings is 2. The lowest BCUT2D eigenvalue weighted by Crippen LogP contribution is -2.40. The van der Waals surface area contributed by atoms with Crippen LogP contribution in [0.1, 0.15) is 23.2 Å². The summed E-state index contributed by atoms with van der Waals surface area (Å²) in [5.41, 5.74) is 1.15. The Bertz CT molecular complexity index is 934. The number of hydrogen-bond donors (Lipinski definition) is 1. The Morgan fingerprint density at radius 2 is 1.61 bits per heavy atom. The van der Waals surface area contributed by atoms with Gasteiger partial charge in [-0.3, -0.25) is 9.59 Å². The van der Waals surface area contributed by atoms with Gasteiger partial charge in [0, 0.05) is 24.3 Å². The normalized spacial score (nSPS) is 15.8. The lowest BCUT2D eigenvalue weighted by Gasteiger charge is -2.28. The second-order valence-electron chi connectivity index (χ2n) is 6.70. The molecule has 0 aromatic heterocycles. The SMILES string of the molecule is CS(=O)(=O)N1CCC(C(=O)Oc2ccc(NC(=O)c3ccccc3)cc2)CC1. The van der Waals surface area contributed by atoms with Crippen LogP contribution in [0.5, 0.6) is 5.75 Å². The Labute approximate surface area is 164 Å². The molecular formula is C20H22N2O5S. The van der Waals surface area contributed by atoms with Gasteiger partial charge >= 0.3 is 5.97 Å². The van der Waals surface area contributed by atoms with Crippen LogP contribution in [0.4, 0.5) is 5.69 Å². The number of carbonyl (C=O) groups excluding carboxylic acids is 2. The number of nitrogens with zero attached hydrogens (tertiary/aromatic N) is 1. The molecule has 3 rings (SSSR count). The van der Waals surface area contributed by atoms with Crippen LogP contribution < -0.4 is 10.1 Å². The minimum atomic E-state index is -3.22. The number of esters is 1. The van der Waals surface area contributed by atoms with Crippen molar-refractivity contribution in [3.63, 3.8) is 0 Å². The Hall–Kier alpha value is -2.71. The minimum absolute atomic E-state index is 0.219. The molecule has 0 aliphatic carbocycles. The molecule has 0 atom stereocenters. The Morgan fingerprint density at radius 3 is 2.18 bits per heavy atom. The third-order valence-electron chi connectivity index (χ3n) is 4.62. The van der Waals surface area contributed by atoms with Crippen molar-refractivity contribution in [3.8, 4) is 5.75 Å². The number of nitrogens with one attached hydrogen (secondary N) is 1. The van der Waals surface area contributed by atoms with Crippen LogP contribution in [-0.4, -0.2) is 43.9 Å². The molecule has 1 heterocycles. The lowest BCUT2D eigenvalue weighted by atomic mass is 9.98. The zero-order valence-corrected chi connectivity index (χ0v) is 16.3. The molecule has 2 aromatic carbocycles. The third-order valence-corrected chi connectivity index (χ3v) is 5.93. The van der Waals surface area contributed by atoms with Crippen molar-refractivity contribution in [2.45, 2.75) is 12.8 Å². The highest BCUT2D eigenvalue weighted by Gasteiger charge is 2.30. The fourth-order valence-corrected chi connectivity index (χ4v) is 3.90. The first-order valence-corrected chi connectivity index (χ1v) is 10.8. The third kappa shape index (κ3) is 5.17. The zero-order chi connectivity index (χ0) is 20.1. The molecule has 0 radical (unpaired) electrons. The van der Waals surface area contributed by atoms with Crippen molar-refractivity contribution in [2.75, 3.05) is 24.7 Å². The van der Waals surface area contributed by atoms with Crippen LogP contribution in [0.2, 0.25) is 0 Å². The van der Waals surface area contributed by atoms with E-state index in [2.05, 4.69) is 5.32 Å². The summed E-state index contributed by atoms with van der Waals surface area (Å²) in [5.74, 6) is -0.527. The van der Waals surface area contributed by atoms with Crippen LogP contribution >= 0.6 is 0 Å². The standard InChI is InChI=1S/C20H22N2O5S/c1-28(25,26)22-13-11-16(12-14-22)20(24)27-18-9-7-17(8-10-18)21-19(23)15-5-3-2-4-6-15/h2-10,16H,11-14H2,1H3,(H,21,23). The van der Waals surface area contributed by atoms with E-state index in [-0.39, 0.29) is 17.8 Å². The van der Waals surface area contributed by atoms with Crippen LogP contribution in [0, 0.1) is 5.92 Å². The summed E-state index contributed by atoms with van der Waals surface area (Å²) in [6, 6.07) is 15.4. The van der Waals surface area contributed by atoms with Crippen LogP contribution in [0.25, 0.3) is 0 Å². The van der Waals surface area contributed by atoms with Gasteiger partial charge in [-0.1, -0.05) is 18.2 Å². The summed E-state index contributed by atoms with van der Waals surface area (Å²) in [7, 11) is -3.22. The van der Waals surface area contributed by atoms with E-state index in [1.165, 1.54) is 10.6 Å². The van der Waals surface area contributed by atoms with E-state index in [4.69, 9.17) is 4.74 Å². The molecule has 2 aromatic rings. The summed E-state index contributed by atoms with van der Waals surface area (Å²) >= 11 is 0. The summed E-state index contributed by atoms with van der Waals surface area (Å²) in [6.45, 7) is 0.645. The number of sulfonamides is 1. The molecule has 0 spiro atoms. The molecule has 1 saturated heterocycles. The first-order chi connectivity index (χ1) is 13.3. The van der Waals surface area contributed by atoms with E-state index in [0.717, 1.165) is 0 Å². The van der Waals surface area contributed by atoms with Gasteiger partial charge in [-0.15, -0.1) is 0 Å². The molecule has 1 aliphatic rings. The summed E-state index contributed by atoms with van der Waals surface area (Å²) in [5, 5.41) is 2.78. The summed E-state index contributed by atoms with van der Waals surface area (Å²) in [4.78, 5) is 24.4. The number of hydrogen-bond acceptors (Lipinski definition) is 5. The maximum Gasteiger partial charge on any atom is 0.314 e. The lowest BCUT2D eigenvalue weighted by molar-refractivity contribution is -0.140. The van der Waals surface area contributed by atoms with Crippen molar-refractivity contribution in [3.05, 3.63) is 60.2 Å². The molecule has 8 heteroatoms. The highest BCUT2D eigenvalue weighted by molar-refractivity contribution is 7.88. The molecule has 0 saturated carbocycles. The maximum absolute atomic E-state index is 12.3. The molecule has 1 N–H and O–H groups in total. The quantitative estimate of drug-likeness (QED) is 0.613. The number of piperidine rings is 1. The van der Waals surface area contributed by atoms with Crippen molar-refractivity contribution in [1.82, 2.24) is 4.31 Å². The van der Waals surface area contributed by atoms with Gasteiger partial charge in [0.05, 0.1) is 12.2 Å². The number of rotatable bonds is 5. The molecule has 148 valence electrons. The monoisotopic (exact) mass is 402 g/mol. The number of carbonyl (C=O) groups is 2. The molecule has 7 nitrogen and oxygen atoms in total. The van der Waals surface area contributed by atoms with Crippen molar-refractivity contribution in [1.29, 1.82) is 0 Å². The predicted octanol–water partition coefficient (Wildman–Crippen LogP) is 2.52. The molecule has 28 heavy (non-hydrogen) atoms. The number of amides is 1. The van der Waals surface area contributed by atoms with E-state index in [9.17, 15) is 18.0 Å². The second-order valence-corrected chi connectivity index (χ2v) is 8.68. The summed E-state index contributed by atoms with van der Waals surface area (Å²) < 4.78 is 29.8. The Balaban J connectivity index is 1.53. The topological polar surface area (TPSA) is 92.8 Å². The molecule has 1 fully saturated rings. The molecule has 1 amide bonds. The minimum Gasteiger partial charge on any atom is -0.426 e. The smallest absolute Gasteiger partial charge is 0.314 e. The predicted molar refractivity (Wildman–Crippen MR) is 106 cm³/mol. The van der Waals surface area contributed by atoms with Gasteiger partial charge in [-0.2, -0.15) is 0 Å². The van der Waals surface area contributed by atoms with Gasteiger partial charge < -0.3 is 10.1 Å². The first kappa shape index (κ1) is 20.0. The zero-order valence-electron chi connectivity index (χ0n) is 15.5. The van der Waals surface area contributed by atoms with Crippen molar-refractivity contribution >= 4 is 27.6 Å². The fraction of sp³-hybridized carbons (Fsp3) is 0.300. The van der Waals surface area contributed by atoms with Gasteiger partial charge in [-0.05, 0) is 49.2 Å². The van der Waals surface area contributed by atoms with Crippen molar-refractivity contribution in [2.24, 2.45) is 5.92 Å². The first-order valence-electron chi connectivity index (χ1n) is 8.96. The van der Waals surface area contributed by atoms with Gasteiger partial charge in [0.1, 0.15) is 5.75 Å². The fourth-order valence-electron chi connectivity index (χ4n) is 3.02. The Kier molecular flexibility index (Phi) is 6.11. The van der Waals surface area contributed by atoms with Crippen LogP contribution in [-0.2, 0) is 14.8 Å². The van der Waals surface area contributed by atoms with E-state index in [0.29, 0.717) is 42.9 Å². The van der Waals surface area contributed by atoms with Gasteiger partial charge in [0.2, 0.25) is 10.0 Å². The molecular weight excluding hydrogens is 380 g/mol. The van der Waals surface area contributed by atoms with Gasteiger partial charge in [0.25, 0.3) is 5.91 Å². The highest BCUT2D eigenvalue weighted by Crippen LogP contribution is 2.23.